The molecule has 32 heavy (non-hydrogen) atoms. The molecule has 0 fully saturated rings. The first-order valence-electron chi connectivity index (χ1n) is 9.83. The predicted molar refractivity (Wildman–Crippen MR) is 114 cm³/mol. The van der Waals surface area contributed by atoms with Crippen molar-refractivity contribution < 1.29 is 27.5 Å². The topological polar surface area (TPSA) is 55.4 Å². The van der Waals surface area contributed by atoms with Gasteiger partial charge in [0.2, 0.25) is 0 Å². The van der Waals surface area contributed by atoms with Gasteiger partial charge in [-0.1, -0.05) is 42.5 Å². The molecule has 0 radical (unpaired) electrons. The molecule has 1 aliphatic carbocycles. The fraction of sp³-hybridized carbons (Fsp3) is 0.120. The summed E-state index contributed by atoms with van der Waals surface area (Å²) in [4.78, 5) is 24.7. The van der Waals surface area contributed by atoms with Crippen LogP contribution in [0.5, 0.6) is 0 Å². The number of nitrogens with one attached hydrogen (secondary N) is 1. The Labute approximate surface area is 182 Å². The summed E-state index contributed by atoms with van der Waals surface area (Å²) in [5, 5.41) is 2.64. The van der Waals surface area contributed by atoms with Crippen LogP contribution in [0.4, 0.5) is 23.7 Å². The van der Waals surface area contributed by atoms with Crippen LogP contribution in [0, 0.1) is 0 Å². The molecule has 1 aliphatic rings. The quantitative estimate of drug-likeness (QED) is 0.489. The number of anilines is 1. The standard InChI is InChI=1S/C25H18F3NO3/c26-25(27,28)20-8-6-16(7-9-20)12-19-13-18-14-21(10-11-22(18)23(19)30)29-24(31)32-15-17-4-2-1-3-5-17/h1-12,14H,13,15H2,(H,29,31)/b19-12+. The van der Waals surface area contributed by atoms with Crippen molar-refractivity contribution in [3.63, 3.8) is 0 Å². The van der Waals surface area contributed by atoms with Crippen LogP contribution in [0.2, 0.25) is 0 Å². The average molecular weight is 437 g/mol. The zero-order valence-electron chi connectivity index (χ0n) is 16.8. The lowest BCUT2D eigenvalue weighted by Crippen LogP contribution is -2.13. The van der Waals surface area contributed by atoms with Crippen molar-refractivity contribution >= 4 is 23.6 Å². The van der Waals surface area contributed by atoms with E-state index in [0.29, 0.717) is 28.8 Å². The van der Waals surface area contributed by atoms with E-state index in [1.165, 1.54) is 12.1 Å². The zero-order valence-corrected chi connectivity index (χ0v) is 16.8. The van der Waals surface area contributed by atoms with Gasteiger partial charge in [-0.3, -0.25) is 10.1 Å². The Balaban J connectivity index is 1.42. The number of rotatable bonds is 4. The Kier molecular flexibility index (Phi) is 5.81. The van der Waals surface area contributed by atoms with E-state index in [0.717, 1.165) is 23.3 Å². The number of amides is 1. The van der Waals surface area contributed by atoms with Gasteiger partial charge in [0.1, 0.15) is 6.61 Å². The number of hydrogen-bond acceptors (Lipinski definition) is 3. The molecule has 0 atom stereocenters. The molecule has 0 spiro atoms. The highest BCUT2D eigenvalue weighted by Gasteiger charge is 2.30. The number of halogens is 3. The lowest BCUT2D eigenvalue weighted by molar-refractivity contribution is -0.137. The lowest BCUT2D eigenvalue weighted by atomic mass is 10.1. The number of carbonyl (C=O) groups is 2. The first-order chi connectivity index (χ1) is 15.3. The summed E-state index contributed by atoms with van der Waals surface area (Å²) in [6, 6.07) is 18.8. The number of hydrogen-bond donors (Lipinski definition) is 1. The summed E-state index contributed by atoms with van der Waals surface area (Å²) in [7, 11) is 0. The molecule has 3 aromatic carbocycles. The molecule has 0 bridgehead atoms. The van der Waals surface area contributed by atoms with Crippen LogP contribution in [0.25, 0.3) is 6.08 Å². The number of carbonyl (C=O) groups excluding carboxylic acids is 2. The van der Waals surface area contributed by atoms with E-state index in [-0.39, 0.29) is 12.4 Å². The number of alkyl halides is 3. The second-order valence-corrected chi connectivity index (χ2v) is 7.35. The van der Waals surface area contributed by atoms with Gasteiger partial charge in [-0.15, -0.1) is 0 Å². The first-order valence-corrected chi connectivity index (χ1v) is 9.83. The largest absolute Gasteiger partial charge is 0.444 e. The molecule has 3 aromatic rings. The minimum Gasteiger partial charge on any atom is -0.444 e. The highest BCUT2D eigenvalue weighted by Crippen LogP contribution is 2.32. The number of fused-ring (bicyclic) bond motifs is 1. The van der Waals surface area contributed by atoms with Crippen molar-refractivity contribution in [2.45, 2.75) is 19.2 Å². The lowest BCUT2D eigenvalue weighted by Gasteiger charge is -2.08. The molecular formula is C25H18F3NO3. The molecule has 0 aliphatic heterocycles. The number of Topliss-reactive ketones (excluding diaryl/α,β-unsaturated/α-hetero) is 1. The number of ether oxygens (including phenoxy) is 1. The van der Waals surface area contributed by atoms with E-state index in [1.807, 2.05) is 30.3 Å². The highest BCUT2D eigenvalue weighted by molar-refractivity contribution is 6.15. The minimum atomic E-state index is -4.41. The van der Waals surface area contributed by atoms with Crippen molar-refractivity contribution in [2.75, 3.05) is 5.32 Å². The van der Waals surface area contributed by atoms with Crippen LogP contribution in [-0.2, 0) is 23.9 Å². The summed E-state index contributed by atoms with van der Waals surface area (Å²) < 4.78 is 43.4. The highest BCUT2D eigenvalue weighted by atomic mass is 19.4. The van der Waals surface area contributed by atoms with E-state index in [2.05, 4.69) is 5.32 Å². The van der Waals surface area contributed by atoms with Gasteiger partial charge in [0.15, 0.2) is 5.78 Å². The molecule has 1 N–H and O–H groups in total. The predicted octanol–water partition coefficient (Wildman–Crippen LogP) is 6.28. The van der Waals surface area contributed by atoms with E-state index >= 15 is 0 Å². The smallest absolute Gasteiger partial charge is 0.416 e. The van der Waals surface area contributed by atoms with Crippen LogP contribution in [0.15, 0.2) is 78.4 Å². The van der Waals surface area contributed by atoms with Crippen molar-refractivity contribution in [1.29, 1.82) is 0 Å². The fourth-order valence-corrected chi connectivity index (χ4v) is 3.46. The van der Waals surface area contributed by atoms with Crippen molar-refractivity contribution in [2.24, 2.45) is 0 Å². The number of ketones is 1. The molecule has 0 heterocycles. The second-order valence-electron chi connectivity index (χ2n) is 7.35. The van der Waals surface area contributed by atoms with Gasteiger partial charge in [-0.25, -0.2) is 4.79 Å². The van der Waals surface area contributed by atoms with E-state index in [1.54, 1.807) is 24.3 Å². The zero-order chi connectivity index (χ0) is 22.7. The van der Waals surface area contributed by atoms with Crippen molar-refractivity contribution in [3.8, 4) is 0 Å². The summed E-state index contributed by atoms with van der Waals surface area (Å²) >= 11 is 0. The van der Waals surface area contributed by atoms with Gasteiger partial charge < -0.3 is 4.74 Å². The Morgan fingerprint density at radius 1 is 1.00 bits per heavy atom. The number of benzene rings is 3. The Bertz CT molecular complexity index is 1180. The fourth-order valence-electron chi connectivity index (χ4n) is 3.46. The average Bonchev–Trinajstić information content (AvgIpc) is 3.07. The maximum Gasteiger partial charge on any atom is 0.416 e. The summed E-state index contributed by atoms with van der Waals surface area (Å²) in [5.74, 6) is -0.182. The van der Waals surface area contributed by atoms with Gasteiger partial charge >= 0.3 is 12.3 Å². The Morgan fingerprint density at radius 3 is 2.41 bits per heavy atom. The van der Waals surface area contributed by atoms with Crippen molar-refractivity contribution in [1.82, 2.24) is 0 Å². The van der Waals surface area contributed by atoms with E-state index < -0.39 is 17.8 Å². The van der Waals surface area contributed by atoms with Gasteiger partial charge in [0.25, 0.3) is 0 Å². The maximum atomic E-state index is 12.7. The van der Waals surface area contributed by atoms with Gasteiger partial charge in [-0.05, 0) is 53.1 Å². The molecule has 0 saturated carbocycles. The Morgan fingerprint density at radius 2 is 1.72 bits per heavy atom. The van der Waals surface area contributed by atoms with Crippen LogP contribution < -0.4 is 5.32 Å². The van der Waals surface area contributed by atoms with Crippen LogP contribution in [0.1, 0.15) is 32.6 Å². The monoisotopic (exact) mass is 437 g/mol. The molecule has 4 nitrogen and oxygen atoms in total. The van der Waals surface area contributed by atoms with Gasteiger partial charge in [0, 0.05) is 23.2 Å². The van der Waals surface area contributed by atoms with Gasteiger partial charge in [0.05, 0.1) is 5.56 Å². The van der Waals surface area contributed by atoms with Crippen LogP contribution in [-0.4, -0.2) is 11.9 Å². The molecule has 0 aromatic heterocycles. The first kappa shape index (κ1) is 21.4. The summed E-state index contributed by atoms with van der Waals surface area (Å²) in [5.41, 5.74) is 2.84. The SMILES string of the molecule is O=C(Nc1ccc2c(c1)C/C(=C\c1ccc(C(F)(F)F)cc1)C2=O)OCc1ccccc1. The maximum absolute atomic E-state index is 12.7. The third-order valence-electron chi connectivity index (χ3n) is 5.06. The summed E-state index contributed by atoms with van der Waals surface area (Å²) in [6.07, 6.45) is -3.11. The molecule has 7 heteroatoms. The Hall–Kier alpha value is -3.87. The third kappa shape index (κ3) is 4.88. The molecule has 4 rings (SSSR count). The summed E-state index contributed by atoms with van der Waals surface area (Å²) in [6.45, 7) is 0.135. The van der Waals surface area contributed by atoms with E-state index in [9.17, 15) is 22.8 Å². The van der Waals surface area contributed by atoms with Crippen molar-refractivity contribution in [3.05, 3.63) is 106 Å². The van der Waals surface area contributed by atoms with E-state index in [4.69, 9.17) is 4.74 Å². The molecule has 162 valence electrons. The normalized spacial score (nSPS) is 14.3. The molecule has 1 amide bonds. The van der Waals surface area contributed by atoms with Crippen LogP contribution >= 0.6 is 0 Å². The molecular weight excluding hydrogens is 419 g/mol. The minimum absolute atomic E-state index is 0.135. The molecule has 0 saturated heterocycles. The van der Waals surface area contributed by atoms with Crippen LogP contribution in [0.3, 0.4) is 0 Å². The third-order valence-corrected chi connectivity index (χ3v) is 5.06. The van der Waals surface area contributed by atoms with Gasteiger partial charge in [-0.2, -0.15) is 13.2 Å². The number of allylic oxidation sites excluding steroid dienone is 1. The molecule has 0 unspecified atom stereocenters. The second kappa shape index (κ2) is 8.70.